The highest BCUT2D eigenvalue weighted by atomic mass is 79.9. The van der Waals surface area contributed by atoms with Crippen molar-refractivity contribution in [2.24, 2.45) is 0 Å². The smallest absolute Gasteiger partial charge is 0.301 e. The first kappa shape index (κ1) is 16.2. The molecule has 108 valence electrons. The number of nitrogens with one attached hydrogen (secondary N) is 1. The van der Waals surface area contributed by atoms with Gasteiger partial charge >= 0.3 is 10.2 Å². The fraction of sp³-hybridized carbons (Fsp3) is 0.455. The van der Waals surface area contributed by atoms with Crippen molar-refractivity contribution in [1.82, 2.24) is 4.31 Å². The van der Waals surface area contributed by atoms with Crippen LogP contribution in [0.1, 0.15) is 6.42 Å². The Hall–Kier alpha value is -0.830. The van der Waals surface area contributed by atoms with Crippen LogP contribution in [-0.4, -0.2) is 45.1 Å². The highest BCUT2D eigenvalue weighted by molar-refractivity contribution is 9.10. The lowest BCUT2D eigenvalue weighted by Gasteiger charge is -2.18. The number of aliphatic hydroxyl groups excluding tert-OH is 1. The second-order valence-electron chi connectivity index (χ2n) is 3.86. The molecule has 0 aliphatic carbocycles. The molecule has 1 aromatic rings. The van der Waals surface area contributed by atoms with Gasteiger partial charge in [-0.1, -0.05) is 0 Å². The minimum atomic E-state index is -3.62. The predicted octanol–water partition coefficient (Wildman–Crippen LogP) is 1.43. The Morgan fingerprint density at radius 1 is 1.47 bits per heavy atom. The summed E-state index contributed by atoms with van der Waals surface area (Å²) in [4.78, 5) is 0. The second-order valence-corrected chi connectivity index (χ2v) is 6.49. The molecule has 0 radical (unpaired) electrons. The molecule has 19 heavy (non-hydrogen) atoms. The van der Waals surface area contributed by atoms with Crippen LogP contribution in [0.2, 0.25) is 0 Å². The van der Waals surface area contributed by atoms with E-state index in [1.54, 1.807) is 18.2 Å². The Morgan fingerprint density at radius 2 is 2.16 bits per heavy atom. The van der Waals surface area contributed by atoms with Crippen LogP contribution in [0.25, 0.3) is 0 Å². The zero-order valence-corrected chi connectivity index (χ0v) is 13.2. The summed E-state index contributed by atoms with van der Waals surface area (Å²) in [6.07, 6.45) is 0.390. The summed E-state index contributed by atoms with van der Waals surface area (Å²) >= 11 is 3.29. The molecule has 0 saturated carbocycles. The van der Waals surface area contributed by atoms with Crippen LogP contribution in [0.4, 0.5) is 5.69 Å². The standard InChI is InChI=1S/C11H17BrN2O4S/c1-14(6-3-7-15)19(16,17)13-9-4-5-10(12)11(8-9)18-2/h4-5,8,13,15H,3,6-7H2,1-2H3. The molecule has 0 amide bonds. The monoisotopic (exact) mass is 352 g/mol. The minimum absolute atomic E-state index is 0.0496. The second kappa shape index (κ2) is 7.09. The van der Waals surface area contributed by atoms with Gasteiger partial charge in [-0.2, -0.15) is 12.7 Å². The lowest BCUT2D eigenvalue weighted by molar-refractivity contribution is 0.276. The molecule has 0 fully saturated rings. The number of rotatable bonds is 7. The van der Waals surface area contributed by atoms with E-state index >= 15 is 0 Å². The number of halogens is 1. The SMILES string of the molecule is COc1cc(NS(=O)(=O)N(C)CCCO)ccc1Br. The number of ether oxygens (including phenoxy) is 1. The van der Waals surface area contributed by atoms with Crippen LogP contribution in [0, 0.1) is 0 Å². The van der Waals surface area contributed by atoms with E-state index in [9.17, 15) is 8.42 Å². The number of nitrogens with zero attached hydrogens (tertiary/aromatic N) is 1. The van der Waals surface area contributed by atoms with Crippen molar-refractivity contribution >= 4 is 31.8 Å². The molecule has 0 aromatic heterocycles. The quantitative estimate of drug-likeness (QED) is 0.777. The molecule has 0 spiro atoms. The number of hydrogen-bond acceptors (Lipinski definition) is 4. The van der Waals surface area contributed by atoms with Crippen LogP contribution >= 0.6 is 15.9 Å². The molecule has 0 saturated heterocycles. The van der Waals surface area contributed by atoms with Gasteiger partial charge in [-0.15, -0.1) is 0 Å². The van der Waals surface area contributed by atoms with Gasteiger partial charge in [0.1, 0.15) is 5.75 Å². The lowest BCUT2D eigenvalue weighted by atomic mass is 10.3. The Balaban J connectivity index is 2.83. The molecule has 0 atom stereocenters. The van der Waals surface area contributed by atoms with E-state index in [0.717, 1.165) is 8.78 Å². The number of methoxy groups -OCH3 is 1. The van der Waals surface area contributed by atoms with Gasteiger partial charge in [0.05, 0.1) is 17.3 Å². The predicted molar refractivity (Wildman–Crippen MR) is 77.6 cm³/mol. The van der Waals surface area contributed by atoms with Crippen LogP contribution in [0.5, 0.6) is 5.75 Å². The third-order valence-corrected chi connectivity index (χ3v) is 4.59. The van der Waals surface area contributed by atoms with Crippen LogP contribution in [-0.2, 0) is 10.2 Å². The zero-order valence-electron chi connectivity index (χ0n) is 10.8. The Morgan fingerprint density at radius 3 is 2.74 bits per heavy atom. The molecular weight excluding hydrogens is 336 g/mol. The molecule has 0 bridgehead atoms. The van der Waals surface area contributed by atoms with Gasteiger partial charge < -0.3 is 9.84 Å². The maximum atomic E-state index is 12.0. The van der Waals surface area contributed by atoms with E-state index in [1.165, 1.54) is 14.2 Å². The molecule has 0 aliphatic rings. The fourth-order valence-corrected chi connectivity index (χ4v) is 2.72. The molecule has 0 heterocycles. The number of anilines is 1. The van der Waals surface area contributed by atoms with Crippen molar-refractivity contribution in [2.75, 3.05) is 32.0 Å². The average molecular weight is 353 g/mol. The zero-order chi connectivity index (χ0) is 14.5. The summed E-state index contributed by atoms with van der Waals surface area (Å²) in [7, 11) is -0.664. The summed E-state index contributed by atoms with van der Waals surface area (Å²) in [5.41, 5.74) is 0.413. The maximum Gasteiger partial charge on any atom is 0.301 e. The van der Waals surface area contributed by atoms with Gasteiger partial charge in [0.2, 0.25) is 0 Å². The topological polar surface area (TPSA) is 78.9 Å². The largest absolute Gasteiger partial charge is 0.495 e. The minimum Gasteiger partial charge on any atom is -0.495 e. The normalized spacial score (nSPS) is 11.6. The average Bonchev–Trinajstić information content (AvgIpc) is 2.37. The van der Waals surface area contributed by atoms with Crippen molar-refractivity contribution in [1.29, 1.82) is 0 Å². The number of benzene rings is 1. The van der Waals surface area contributed by atoms with Crippen molar-refractivity contribution in [2.45, 2.75) is 6.42 Å². The van der Waals surface area contributed by atoms with Gasteiger partial charge in [-0.3, -0.25) is 4.72 Å². The van der Waals surface area contributed by atoms with Crippen LogP contribution in [0.15, 0.2) is 22.7 Å². The summed E-state index contributed by atoms with van der Waals surface area (Å²) in [5, 5.41) is 8.71. The van der Waals surface area contributed by atoms with Crippen molar-refractivity contribution in [3.8, 4) is 5.75 Å². The Bertz CT molecular complexity index is 521. The lowest BCUT2D eigenvalue weighted by Crippen LogP contribution is -2.33. The first-order valence-corrected chi connectivity index (χ1v) is 7.82. The summed E-state index contributed by atoms with van der Waals surface area (Å²) < 4.78 is 33.4. The maximum absolute atomic E-state index is 12.0. The first-order valence-electron chi connectivity index (χ1n) is 5.59. The van der Waals surface area contributed by atoms with E-state index in [-0.39, 0.29) is 13.2 Å². The van der Waals surface area contributed by atoms with E-state index in [0.29, 0.717) is 17.9 Å². The van der Waals surface area contributed by atoms with Crippen LogP contribution < -0.4 is 9.46 Å². The molecule has 1 rings (SSSR count). The molecule has 0 aliphatic heterocycles. The molecular formula is C11H17BrN2O4S. The van der Waals surface area contributed by atoms with Gasteiger partial charge in [0, 0.05) is 26.3 Å². The van der Waals surface area contributed by atoms with Crippen molar-refractivity contribution in [3.63, 3.8) is 0 Å². The fourth-order valence-electron chi connectivity index (χ4n) is 1.36. The van der Waals surface area contributed by atoms with E-state index in [2.05, 4.69) is 20.7 Å². The van der Waals surface area contributed by atoms with Crippen molar-refractivity contribution < 1.29 is 18.3 Å². The molecule has 6 nitrogen and oxygen atoms in total. The Labute approximate surface area is 121 Å². The summed E-state index contributed by atoms with van der Waals surface area (Å²) in [6.45, 7) is 0.200. The summed E-state index contributed by atoms with van der Waals surface area (Å²) in [5.74, 6) is 0.540. The highest BCUT2D eigenvalue weighted by Crippen LogP contribution is 2.28. The van der Waals surface area contributed by atoms with Gasteiger partial charge in [0.25, 0.3) is 0 Å². The van der Waals surface area contributed by atoms with Crippen LogP contribution in [0.3, 0.4) is 0 Å². The molecule has 1 aromatic carbocycles. The number of aliphatic hydroxyl groups is 1. The molecule has 8 heteroatoms. The molecule has 0 unspecified atom stereocenters. The highest BCUT2D eigenvalue weighted by Gasteiger charge is 2.17. The van der Waals surface area contributed by atoms with Crippen molar-refractivity contribution in [3.05, 3.63) is 22.7 Å². The third-order valence-electron chi connectivity index (χ3n) is 2.44. The number of hydrogen-bond donors (Lipinski definition) is 2. The van der Waals surface area contributed by atoms with Gasteiger partial charge in [-0.05, 0) is 34.5 Å². The van der Waals surface area contributed by atoms with E-state index in [1.807, 2.05) is 0 Å². The first-order chi connectivity index (χ1) is 8.90. The van der Waals surface area contributed by atoms with E-state index < -0.39 is 10.2 Å². The van der Waals surface area contributed by atoms with Gasteiger partial charge in [-0.25, -0.2) is 0 Å². The summed E-state index contributed by atoms with van der Waals surface area (Å²) in [6, 6.07) is 4.91. The third kappa shape index (κ3) is 4.64. The Kier molecular flexibility index (Phi) is 6.05. The van der Waals surface area contributed by atoms with Gasteiger partial charge in [0.15, 0.2) is 0 Å². The van der Waals surface area contributed by atoms with E-state index in [4.69, 9.17) is 9.84 Å². The molecule has 2 N–H and O–H groups in total.